The van der Waals surface area contributed by atoms with Crippen molar-refractivity contribution in [2.24, 2.45) is 5.10 Å². The maximum absolute atomic E-state index is 13.4. The molecule has 0 spiro atoms. The minimum absolute atomic E-state index is 0.0653. The summed E-state index contributed by atoms with van der Waals surface area (Å²) < 4.78 is 5.32. The third kappa shape index (κ3) is 4.87. The van der Waals surface area contributed by atoms with Gasteiger partial charge in [0.25, 0.3) is 5.91 Å². The second-order valence-corrected chi connectivity index (χ2v) is 8.81. The van der Waals surface area contributed by atoms with Gasteiger partial charge in [-0.05, 0) is 43.7 Å². The van der Waals surface area contributed by atoms with Crippen LogP contribution in [0.5, 0.6) is 5.75 Å². The summed E-state index contributed by atoms with van der Waals surface area (Å²) in [7, 11) is 1.67. The van der Waals surface area contributed by atoms with Crippen molar-refractivity contribution in [3.63, 3.8) is 0 Å². The van der Waals surface area contributed by atoms with E-state index >= 15 is 0 Å². The lowest BCUT2D eigenvalue weighted by Gasteiger charge is -2.34. The zero-order valence-electron chi connectivity index (χ0n) is 19.7. The number of methoxy groups -OCH3 is 1. The SMILES string of the molecule is CCN1CCN(CC(=O)N2N=C(c3ccc(C)cc3C)C[C@H]2c2ccc(OC)cc2)CC1. The number of hydrogen-bond acceptors (Lipinski definition) is 5. The van der Waals surface area contributed by atoms with Crippen LogP contribution in [0.1, 0.15) is 41.6 Å². The molecule has 2 aliphatic rings. The van der Waals surface area contributed by atoms with E-state index in [1.54, 1.807) is 12.1 Å². The minimum Gasteiger partial charge on any atom is -0.497 e. The lowest BCUT2D eigenvalue weighted by atomic mass is 9.95. The number of piperazine rings is 1. The van der Waals surface area contributed by atoms with Gasteiger partial charge in [-0.2, -0.15) is 5.10 Å². The Morgan fingerprint density at radius 2 is 1.72 bits per heavy atom. The Hall–Kier alpha value is -2.70. The van der Waals surface area contributed by atoms with E-state index in [0.29, 0.717) is 13.0 Å². The summed E-state index contributed by atoms with van der Waals surface area (Å²) in [6, 6.07) is 14.3. The van der Waals surface area contributed by atoms with Gasteiger partial charge in [-0.3, -0.25) is 9.69 Å². The first-order valence-electron chi connectivity index (χ1n) is 11.5. The molecule has 0 aliphatic carbocycles. The molecule has 1 amide bonds. The van der Waals surface area contributed by atoms with E-state index in [-0.39, 0.29) is 11.9 Å². The van der Waals surface area contributed by atoms with Crippen molar-refractivity contribution >= 4 is 11.6 Å². The summed E-state index contributed by atoms with van der Waals surface area (Å²) in [6.07, 6.45) is 0.714. The van der Waals surface area contributed by atoms with Crippen LogP contribution in [-0.2, 0) is 4.79 Å². The molecule has 1 saturated heterocycles. The summed E-state index contributed by atoms with van der Waals surface area (Å²) in [6.45, 7) is 11.8. The Morgan fingerprint density at radius 1 is 1.03 bits per heavy atom. The molecule has 0 N–H and O–H groups in total. The molecule has 1 fully saturated rings. The number of hydrazone groups is 1. The van der Waals surface area contributed by atoms with E-state index in [2.05, 4.69) is 48.8 Å². The highest BCUT2D eigenvalue weighted by atomic mass is 16.5. The number of carbonyl (C=O) groups is 1. The number of rotatable bonds is 6. The fourth-order valence-corrected chi connectivity index (χ4v) is 4.65. The predicted molar refractivity (Wildman–Crippen MR) is 128 cm³/mol. The molecule has 6 heteroatoms. The lowest BCUT2D eigenvalue weighted by molar-refractivity contribution is -0.134. The van der Waals surface area contributed by atoms with Crippen molar-refractivity contribution < 1.29 is 9.53 Å². The number of carbonyl (C=O) groups excluding carboxylic acids is 1. The number of ether oxygens (including phenoxy) is 1. The number of benzene rings is 2. The number of amides is 1. The largest absolute Gasteiger partial charge is 0.497 e. The maximum atomic E-state index is 13.4. The van der Waals surface area contributed by atoms with Gasteiger partial charge in [0.15, 0.2) is 0 Å². The third-order valence-electron chi connectivity index (χ3n) is 6.63. The Kier molecular flexibility index (Phi) is 6.92. The van der Waals surface area contributed by atoms with Gasteiger partial charge in [-0.15, -0.1) is 0 Å². The van der Waals surface area contributed by atoms with Crippen LogP contribution < -0.4 is 4.74 Å². The molecular weight excluding hydrogens is 400 g/mol. The first kappa shape index (κ1) is 22.5. The average molecular weight is 435 g/mol. The van der Waals surface area contributed by atoms with Gasteiger partial charge in [0.1, 0.15) is 5.75 Å². The highest BCUT2D eigenvalue weighted by molar-refractivity contribution is 6.04. The van der Waals surface area contributed by atoms with Crippen molar-refractivity contribution in [3.05, 3.63) is 64.7 Å². The highest BCUT2D eigenvalue weighted by Gasteiger charge is 2.34. The van der Waals surface area contributed by atoms with E-state index < -0.39 is 0 Å². The van der Waals surface area contributed by atoms with Crippen LogP contribution in [0.3, 0.4) is 0 Å². The zero-order valence-corrected chi connectivity index (χ0v) is 19.7. The Morgan fingerprint density at radius 3 is 2.34 bits per heavy atom. The Balaban J connectivity index is 1.58. The normalized spacial score (nSPS) is 19.8. The number of aryl methyl sites for hydroxylation is 2. The van der Waals surface area contributed by atoms with E-state index in [4.69, 9.17) is 9.84 Å². The summed E-state index contributed by atoms with van der Waals surface area (Å²) in [5, 5.41) is 6.60. The van der Waals surface area contributed by atoms with Crippen LogP contribution in [0.25, 0.3) is 0 Å². The molecule has 0 radical (unpaired) electrons. The van der Waals surface area contributed by atoms with Crippen LogP contribution >= 0.6 is 0 Å². The minimum atomic E-state index is -0.0963. The average Bonchev–Trinajstić information content (AvgIpc) is 3.25. The molecule has 0 saturated carbocycles. The molecule has 32 heavy (non-hydrogen) atoms. The molecule has 2 aromatic carbocycles. The summed E-state index contributed by atoms with van der Waals surface area (Å²) in [4.78, 5) is 18.1. The number of nitrogens with zero attached hydrogens (tertiary/aromatic N) is 4. The fourth-order valence-electron chi connectivity index (χ4n) is 4.65. The Labute approximate surface area is 191 Å². The summed E-state index contributed by atoms with van der Waals surface area (Å²) >= 11 is 0. The van der Waals surface area contributed by atoms with Gasteiger partial charge in [-0.25, -0.2) is 5.01 Å². The van der Waals surface area contributed by atoms with Gasteiger partial charge in [0.2, 0.25) is 0 Å². The fraction of sp³-hybridized carbons (Fsp3) is 0.462. The molecule has 2 heterocycles. The zero-order chi connectivity index (χ0) is 22.7. The van der Waals surface area contributed by atoms with Crippen molar-refractivity contribution in [2.75, 3.05) is 46.4 Å². The topological polar surface area (TPSA) is 48.4 Å². The smallest absolute Gasteiger partial charge is 0.257 e. The second kappa shape index (κ2) is 9.84. The quantitative estimate of drug-likeness (QED) is 0.697. The monoisotopic (exact) mass is 434 g/mol. The van der Waals surface area contributed by atoms with Crippen LogP contribution in [0, 0.1) is 13.8 Å². The highest BCUT2D eigenvalue weighted by Crippen LogP contribution is 2.34. The van der Waals surface area contributed by atoms with Crippen LogP contribution in [-0.4, -0.2) is 72.8 Å². The van der Waals surface area contributed by atoms with Crippen LogP contribution in [0.4, 0.5) is 0 Å². The van der Waals surface area contributed by atoms with Gasteiger partial charge < -0.3 is 9.64 Å². The molecule has 0 unspecified atom stereocenters. The predicted octanol–water partition coefficient (Wildman–Crippen LogP) is 3.63. The molecule has 2 aliphatic heterocycles. The summed E-state index contributed by atoms with van der Waals surface area (Å²) in [5.41, 5.74) is 5.62. The van der Waals surface area contributed by atoms with Gasteiger partial charge in [0, 0.05) is 38.2 Å². The van der Waals surface area contributed by atoms with Crippen molar-refractivity contribution in [1.82, 2.24) is 14.8 Å². The first-order chi connectivity index (χ1) is 15.5. The molecule has 0 aromatic heterocycles. The molecule has 0 bridgehead atoms. The molecule has 170 valence electrons. The van der Waals surface area contributed by atoms with E-state index in [1.165, 1.54) is 11.1 Å². The van der Waals surface area contributed by atoms with Gasteiger partial charge in [-0.1, -0.05) is 42.8 Å². The summed E-state index contributed by atoms with van der Waals surface area (Å²) in [5.74, 6) is 0.879. The van der Waals surface area contributed by atoms with E-state index in [9.17, 15) is 4.79 Å². The van der Waals surface area contributed by atoms with Crippen LogP contribution in [0.15, 0.2) is 47.6 Å². The first-order valence-corrected chi connectivity index (χ1v) is 11.5. The molecule has 2 aromatic rings. The van der Waals surface area contributed by atoms with Crippen molar-refractivity contribution in [1.29, 1.82) is 0 Å². The van der Waals surface area contributed by atoms with Crippen LogP contribution in [0.2, 0.25) is 0 Å². The van der Waals surface area contributed by atoms with Crippen molar-refractivity contribution in [3.8, 4) is 5.75 Å². The van der Waals surface area contributed by atoms with E-state index in [0.717, 1.165) is 55.3 Å². The standard InChI is InChI=1S/C26H34N4O2/c1-5-28-12-14-29(15-13-28)18-26(31)30-25(21-7-9-22(32-4)10-8-21)17-24(27-30)23-11-6-19(2)16-20(23)3/h6-11,16,25H,5,12-15,17-18H2,1-4H3/t25-/m0/s1. The molecule has 1 atom stereocenters. The van der Waals surface area contributed by atoms with E-state index in [1.807, 2.05) is 24.3 Å². The lowest BCUT2D eigenvalue weighted by Crippen LogP contribution is -2.49. The second-order valence-electron chi connectivity index (χ2n) is 8.81. The van der Waals surface area contributed by atoms with Gasteiger partial charge in [0.05, 0.1) is 25.4 Å². The molecule has 4 rings (SSSR count). The third-order valence-corrected chi connectivity index (χ3v) is 6.63. The van der Waals surface area contributed by atoms with Gasteiger partial charge >= 0.3 is 0 Å². The maximum Gasteiger partial charge on any atom is 0.257 e. The Bertz CT molecular complexity index is 978. The molecule has 6 nitrogen and oxygen atoms in total. The van der Waals surface area contributed by atoms with Crippen molar-refractivity contribution in [2.45, 2.75) is 33.2 Å². The number of likely N-dealkylation sites (N-methyl/N-ethyl adjacent to an activating group) is 1. The molecular formula is C26H34N4O2. The number of hydrogen-bond donors (Lipinski definition) is 0.